The summed E-state index contributed by atoms with van der Waals surface area (Å²) in [7, 11) is 1.02. The minimum Gasteiger partial charge on any atom is -0.339 e. The molecule has 0 aliphatic carbocycles. The minimum atomic E-state index is -2.88. The van der Waals surface area contributed by atoms with Gasteiger partial charge in [0.25, 0.3) is 0 Å². The smallest absolute Gasteiger partial charge is 0.236 e. The predicted octanol–water partition coefficient (Wildman–Crippen LogP) is -1.12. The lowest BCUT2D eigenvalue weighted by Gasteiger charge is -2.34. The topological polar surface area (TPSA) is 60.9 Å². The molecule has 0 N–H and O–H groups in total. The molecule has 0 bridgehead atoms. The molecular weight excluding hydrogens is 266 g/mol. The maximum Gasteiger partial charge on any atom is 0.236 e. The molecule has 1 unspecified atom stereocenters. The predicted molar refractivity (Wildman–Crippen MR) is 73.8 cm³/mol. The average Bonchev–Trinajstić information content (AvgIpc) is 2.70. The molecule has 0 aromatic carbocycles. The van der Waals surface area contributed by atoms with Crippen molar-refractivity contribution in [1.82, 2.24) is 14.7 Å². The highest BCUT2D eigenvalue weighted by Crippen LogP contribution is 2.16. The maximum absolute atomic E-state index is 12.1. The summed E-state index contributed by atoms with van der Waals surface area (Å²) in [6.45, 7) is 3.68. The third-order valence-corrected chi connectivity index (χ3v) is 5.82. The van der Waals surface area contributed by atoms with Crippen LogP contribution in [0.25, 0.3) is 0 Å². The van der Waals surface area contributed by atoms with Crippen LogP contribution in [0.3, 0.4) is 0 Å². The number of amides is 1. The second-order valence-electron chi connectivity index (χ2n) is 5.66. The van der Waals surface area contributed by atoms with Crippen LogP contribution < -0.4 is 0 Å². The molecule has 110 valence electrons. The van der Waals surface area contributed by atoms with Crippen LogP contribution in [0.5, 0.6) is 0 Å². The Morgan fingerprint density at radius 2 is 1.89 bits per heavy atom. The highest BCUT2D eigenvalue weighted by Gasteiger charge is 2.32. The van der Waals surface area contributed by atoms with Gasteiger partial charge in [0.2, 0.25) is 5.91 Å². The van der Waals surface area contributed by atoms with Crippen molar-refractivity contribution in [3.05, 3.63) is 0 Å². The molecule has 2 aliphatic heterocycles. The van der Waals surface area contributed by atoms with Gasteiger partial charge in [-0.2, -0.15) is 0 Å². The number of likely N-dealkylation sites (N-methyl/N-ethyl adjacent to an activating group) is 2. The van der Waals surface area contributed by atoms with Crippen molar-refractivity contribution >= 4 is 15.7 Å². The second-order valence-corrected chi connectivity index (χ2v) is 7.88. The Kier molecular flexibility index (Phi) is 4.47. The normalized spacial score (nSPS) is 27.9. The Balaban J connectivity index is 1.82. The van der Waals surface area contributed by atoms with E-state index in [-0.39, 0.29) is 23.5 Å². The molecule has 2 fully saturated rings. The first-order valence-corrected chi connectivity index (χ1v) is 8.56. The van der Waals surface area contributed by atoms with Gasteiger partial charge in [-0.3, -0.25) is 9.69 Å². The largest absolute Gasteiger partial charge is 0.339 e. The molecule has 6 nitrogen and oxygen atoms in total. The molecule has 0 aromatic heterocycles. The second kappa shape index (κ2) is 5.76. The van der Waals surface area contributed by atoms with Crippen molar-refractivity contribution in [1.29, 1.82) is 0 Å². The van der Waals surface area contributed by atoms with Crippen LogP contribution in [0.15, 0.2) is 0 Å². The zero-order valence-electron chi connectivity index (χ0n) is 11.7. The van der Waals surface area contributed by atoms with Crippen LogP contribution in [0.1, 0.15) is 6.42 Å². The number of hydrogen-bond acceptors (Lipinski definition) is 5. The summed E-state index contributed by atoms with van der Waals surface area (Å²) in [5.41, 5.74) is 0. The molecular formula is C12H23N3O3S. The lowest BCUT2D eigenvalue weighted by molar-refractivity contribution is -0.134. The Labute approximate surface area is 115 Å². The molecule has 2 aliphatic rings. The molecule has 7 heteroatoms. The Bertz CT molecular complexity index is 430. The highest BCUT2D eigenvalue weighted by molar-refractivity contribution is 7.91. The summed E-state index contributed by atoms with van der Waals surface area (Å²) >= 11 is 0. The van der Waals surface area contributed by atoms with E-state index in [1.807, 2.05) is 16.8 Å². The van der Waals surface area contributed by atoms with E-state index in [2.05, 4.69) is 11.9 Å². The van der Waals surface area contributed by atoms with Crippen LogP contribution in [0.4, 0.5) is 0 Å². The fourth-order valence-electron chi connectivity index (χ4n) is 2.62. The first-order valence-electron chi connectivity index (χ1n) is 6.74. The van der Waals surface area contributed by atoms with Gasteiger partial charge in [-0.25, -0.2) is 8.42 Å². The zero-order chi connectivity index (χ0) is 14.0. The van der Waals surface area contributed by atoms with Gasteiger partial charge in [0.1, 0.15) is 0 Å². The number of piperazine rings is 1. The van der Waals surface area contributed by atoms with E-state index in [9.17, 15) is 13.2 Å². The van der Waals surface area contributed by atoms with E-state index < -0.39 is 9.84 Å². The monoisotopic (exact) mass is 289 g/mol. The van der Waals surface area contributed by atoms with E-state index >= 15 is 0 Å². The molecule has 0 spiro atoms. The van der Waals surface area contributed by atoms with E-state index in [1.165, 1.54) is 0 Å². The number of carbonyl (C=O) groups excluding carboxylic acids is 1. The van der Waals surface area contributed by atoms with Gasteiger partial charge in [-0.05, 0) is 20.5 Å². The van der Waals surface area contributed by atoms with Gasteiger partial charge in [0, 0.05) is 32.2 Å². The number of rotatable bonds is 3. The van der Waals surface area contributed by atoms with Crippen molar-refractivity contribution in [3.8, 4) is 0 Å². The lowest BCUT2D eigenvalue weighted by Crippen LogP contribution is -2.50. The van der Waals surface area contributed by atoms with Crippen molar-refractivity contribution in [2.45, 2.75) is 12.5 Å². The molecule has 0 saturated carbocycles. The number of carbonyl (C=O) groups is 1. The SMILES string of the molecule is CN1CCN(C(=O)CN(C)C2CCS(=O)(=O)C2)CC1. The minimum absolute atomic E-state index is 0.00131. The summed E-state index contributed by atoms with van der Waals surface area (Å²) in [6.07, 6.45) is 0.648. The highest BCUT2D eigenvalue weighted by atomic mass is 32.2. The number of hydrogen-bond donors (Lipinski definition) is 0. The first-order chi connectivity index (χ1) is 8.87. The quantitative estimate of drug-likeness (QED) is 0.659. The fraction of sp³-hybridized carbons (Fsp3) is 0.917. The van der Waals surface area contributed by atoms with Crippen LogP contribution in [0, 0.1) is 0 Å². The summed E-state index contributed by atoms with van der Waals surface area (Å²) < 4.78 is 22.9. The maximum atomic E-state index is 12.1. The van der Waals surface area contributed by atoms with Crippen LogP contribution in [-0.2, 0) is 14.6 Å². The van der Waals surface area contributed by atoms with E-state index in [1.54, 1.807) is 0 Å². The van der Waals surface area contributed by atoms with Crippen LogP contribution >= 0.6 is 0 Å². The van der Waals surface area contributed by atoms with Crippen molar-refractivity contribution in [2.24, 2.45) is 0 Å². The summed E-state index contributed by atoms with van der Waals surface area (Å²) in [4.78, 5) is 18.1. The molecule has 0 radical (unpaired) electrons. The van der Waals surface area contributed by atoms with Crippen molar-refractivity contribution in [2.75, 3.05) is 58.3 Å². The van der Waals surface area contributed by atoms with Gasteiger partial charge in [0.15, 0.2) is 9.84 Å². The van der Waals surface area contributed by atoms with E-state index in [0.29, 0.717) is 13.0 Å². The average molecular weight is 289 g/mol. The fourth-order valence-corrected chi connectivity index (χ4v) is 4.43. The summed E-state index contributed by atoms with van der Waals surface area (Å²) in [5, 5.41) is 0. The Morgan fingerprint density at radius 1 is 1.26 bits per heavy atom. The molecule has 2 rings (SSSR count). The molecule has 2 heterocycles. The molecule has 1 amide bonds. The third-order valence-electron chi connectivity index (χ3n) is 4.07. The third kappa shape index (κ3) is 3.90. The van der Waals surface area contributed by atoms with Crippen molar-refractivity contribution < 1.29 is 13.2 Å². The summed E-state index contributed by atoms with van der Waals surface area (Å²) in [5.74, 6) is 0.560. The van der Waals surface area contributed by atoms with Gasteiger partial charge in [0.05, 0.1) is 18.1 Å². The van der Waals surface area contributed by atoms with Crippen LogP contribution in [-0.4, -0.2) is 93.4 Å². The zero-order valence-corrected chi connectivity index (χ0v) is 12.5. The standard InChI is InChI=1S/C12H23N3O3S/c1-13-4-6-15(7-5-13)12(16)9-14(2)11-3-8-19(17,18)10-11/h11H,3-10H2,1-2H3. The van der Waals surface area contributed by atoms with E-state index in [0.717, 1.165) is 26.2 Å². The van der Waals surface area contributed by atoms with Gasteiger partial charge < -0.3 is 9.80 Å². The molecule has 2 saturated heterocycles. The number of sulfone groups is 1. The molecule has 0 aromatic rings. The van der Waals surface area contributed by atoms with Crippen LogP contribution in [0.2, 0.25) is 0 Å². The molecule has 1 atom stereocenters. The van der Waals surface area contributed by atoms with Crippen molar-refractivity contribution in [3.63, 3.8) is 0 Å². The number of nitrogens with zero attached hydrogens (tertiary/aromatic N) is 3. The van der Waals surface area contributed by atoms with Gasteiger partial charge >= 0.3 is 0 Å². The van der Waals surface area contributed by atoms with E-state index in [4.69, 9.17) is 0 Å². The summed E-state index contributed by atoms with van der Waals surface area (Å²) in [6, 6.07) is 0.00131. The van der Waals surface area contributed by atoms with Gasteiger partial charge in [-0.15, -0.1) is 0 Å². The molecule has 19 heavy (non-hydrogen) atoms. The van der Waals surface area contributed by atoms with Gasteiger partial charge in [-0.1, -0.05) is 0 Å². The Morgan fingerprint density at radius 3 is 2.42 bits per heavy atom. The lowest BCUT2D eigenvalue weighted by atomic mass is 10.2. The first kappa shape index (κ1) is 14.7. The Hall–Kier alpha value is -0.660.